The molecule has 3 aromatic rings. The quantitative estimate of drug-likeness (QED) is 0.718. The van der Waals surface area contributed by atoms with Crippen LogP contribution < -0.4 is 0 Å². The van der Waals surface area contributed by atoms with Gasteiger partial charge in [0.1, 0.15) is 11.5 Å². The number of pyridine rings is 1. The average Bonchev–Trinajstić information content (AvgIpc) is 3.18. The molecule has 0 spiro atoms. The Morgan fingerprint density at radius 1 is 1.08 bits per heavy atom. The number of imidazole rings is 1. The first-order valence-corrected chi connectivity index (χ1v) is 8.67. The van der Waals surface area contributed by atoms with Crippen LogP contribution in [-0.2, 0) is 6.42 Å². The van der Waals surface area contributed by atoms with Gasteiger partial charge in [0.2, 0.25) is 0 Å². The Morgan fingerprint density at radius 2 is 1.88 bits per heavy atom. The fraction of sp³-hybridized carbons (Fsp3) is 0.350. The summed E-state index contributed by atoms with van der Waals surface area (Å²) in [5, 5.41) is 0. The van der Waals surface area contributed by atoms with Crippen LogP contribution in [0, 0.1) is 5.82 Å². The van der Waals surface area contributed by atoms with E-state index in [0.29, 0.717) is 6.04 Å². The number of nitrogens with zero attached hydrogens (tertiary/aromatic N) is 3. The molecular weight excluding hydrogens is 301 g/mol. The van der Waals surface area contributed by atoms with Crippen molar-refractivity contribution in [3.63, 3.8) is 0 Å². The van der Waals surface area contributed by atoms with Crippen LogP contribution in [0.5, 0.6) is 0 Å². The molecule has 4 rings (SSSR count). The summed E-state index contributed by atoms with van der Waals surface area (Å²) >= 11 is 0. The van der Waals surface area contributed by atoms with Gasteiger partial charge >= 0.3 is 0 Å². The predicted molar refractivity (Wildman–Crippen MR) is 94.6 cm³/mol. The summed E-state index contributed by atoms with van der Waals surface area (Å²) in [6, 6.07) is 11.4. The highest BCUT2D eigenvalue weighted by molar-refractivity contribution is 5.64. The molecule has 0 saturated carbocycles. The van der Waals surface area contributed by atoms with Gasteiger partial charge in [-0.15, -0.1) is 0 Å². The number of halogens is 1. The summed E-state index contributed by atoms with van der Waals surface area (Å²) in [4.78, 5) is 7.27. The van der Waals surface area contributed by atoms with Crippen LogP contribution in [0.25, 0.3) is 16.8 Å². The lowest BCUT2D eigenvalue weighted by Crippen LogP contribution is -2.29. The largest absolute Gasteiger partial charge is 0.306 e. The van der Waals surface area contributed by atoms with Crippen molar-refractivity contribution < 1.29 is 4.39 Å². The van der Waals surface area contributed by atoms with Crippen molar-refractivity contribution in [2.75, 3.05) is 13.1 Å². The molecule has 0 N–H and O–H groups in total. The van der Waals surface area contributed by atoms with E-state index in [0.717, 1.165) is 35.4 Å². The molecule has 4 heteroatoms. The third-order valence-electron chi connectivity index (χ3n) is 5.02. The van der Waals surface area contributed by atoms with Crippen molar-refractivity contribution in [1.29, 1.82) is 0 Å². The number of hydrogen-bond donors (Lipinski definition) is 0. The van der Waals surface area contributed by atoms with Crippen LogP contribution in [0.4, 0.5) is 4.39 Å². The third kappa shape index (κ3) is 3.06. The molecule has 124 valence electrons. The van der Waals surface area contributed by atoms with Gasteiger partial charge in [-0.05, 0) is 61.7 Å². The van der Waals surface area contributed by atoms with Gasteiger partial charge in [0.15, 0.2) is 0 Å². The van der Waals surface area contributed by atoms with Crippen molar-refractivity contribution in [2.24, 2.45) is 0 Å². The Balaban J connectivity index is 1.53. The second-order valence-electron chi connectivity index (χ2n) is 6.70. The molecule has 0 unspecified atom stereocenters. The van der Waals surface area contributed by atoms with E-state index in [9.17, 15) is 4.39 Å². The molecule has 0 bridgehead atoms. The first kappa shape index (κ1) is 15.3. The van der Waals surface area contributed by atoms with E-state index in [1.165, 1.54) is 31.5 Å². The second kappa shape index (κ2) is 6.36. The lowest BCUT2D eigenvalue weighted by atomic mass is 10.1. The maximum absolute atomic E-state index is 13.1. The van der Waals surface area contributed by atoms with Gasteiger partial charge in [-0.3, -0.25) is 0 Å². The topological polar surface area (TPSA) is 20.5 Å². The molecule has 1 aliphatic heterocycles. The maximum Gasteiger partial charge on any atom is 0.137 e. The van der Waals surface area contributed by atoms with E-state index < -0.39 is 0 Å². The molecule has 1 aliphatic rings. The molecule has 0 amide bonds. The Morgan fingerprint density at radius 3 is 2.62 bits per heavy atom. The fourth-order valence-corrected chi connectivity index (χ4v) is 3.56. The second-order valence-corrected chi connectivity index (χ2v) is 6.70. The van der Waals surface area contributed by atoms with E-state index in [4.69, 9.17) is 4.98 Å². The molecule has 1 atom stereocenters. The molecule has 1 saturated heterocycles. The number of benzene rings is 1. The maximum atomic E-state index is 13.1. The Kier molecular flexibility index (Phi) is 4.07. The zero-order chi connectivity index (χ0) is 16.5. The lowest BCUT2D eigenvalue weighted by Gasteiger charge is -2.19. The van der Waals surface area contributed by atoms with Gasteiger partial charge in [0.05, 0.1) is 5.69 Å². The molecule has 3 heterocycles. The molecule has 0 radical (unpaired) electrons. The summed E-state index contributed by atoms with van der Waals surface area (Å²) in [5.74, 6) is -0.208. The van der Waals surface area contributed by atoms with Crippen molar-refractivity contribution in [2.45, 2.75) is 32.2 Å². The lowest BCUT2D eigenvalue weighted by molar-refractivity contribution is 0.271. The van der Waals surface area contributed by atoms with Gasteiger partial charge in [0, 0.05) is 31.4 Å². The molecule has 0 aliphatic carbocycles. The first-order valence-electron chi connectivity index (χ1n) is 8.67. The molecule has 1 aromatic carbocycles. The summed E-state index contributed by atoms with van der Waals surface area (Å²) in [7, 11) is 0. The minimum atomic E-state index is -0.208. The van der Waals surface area contributed by atoms with E-state index in [1.54, 1.807) is 0 Å². The van der Waals surface area contributed by atoms with E-state index in [2.05, 4.69) is 28.6 Å². The van der Waals surface area contributed by atoms with Gasteiger partial charge < -0.3 is 9.30 Å². The molecular formula is C20H22FN3. The summed E-state index contributed by atoms with van der Waals surface area (Å²) in [5.41, 5.74) is 4.18. The van der Waals surface area contributed by atoms with Gasteiger partial charge in [0.25, 0.3) is 0 Å². The minimum Gasteiger partial charge on any atom is -0.306 e. The van der Waals surface area contributed by atoms with E-state index in [-0.39, 0.29) is 5.82 Å². The number of likely N-dealkylation sites (tertiary alicyclic amines) is 1. The van der Waals surface area contributed by atoms with E-state index >= 15 is 0 Å². The molecule has 1 fully saturated rings. The molecule has 24 heavy (non-hydrogen) atoms. The van der Waals surface area contributed by atoms with Crippen LogP contribution in [0.2, 0.25) is 0 Å². The summed E-state index contributed by atoms with van der Waals surface area (Å²) < 4.78 is 15.2. The van der Waals surface area contributed by atoms with Crippen molar-refractivity contribution >= 4 is 5.65 Å². The van der Waals surface area contributed by atoms with Crippen molar-refractivity contribution in [3.05, 3.63) is 60.3 Å². The van der Waals surface area contributed by atoms with E-state index in [1.807, 2.05) is 24.3 Å². The smallest absolute Gasteiger partial charge is 0.137 e. The van der Waals surface area contributed by atoms with Crippen LogP contribution in [0.1, 0.15) is 25.5 Å². The number of aromatic nitrogens is 2. The third-order valence-corrected chi connectivity index (χ3v) is 5.02. The van der Waals surface area contributed by atoms with Crippen LogP contribution >= 0.6 is 0 Å². The number of rotatable bonds is 4. The normalized spacial score (nSPS) is 18.5. The Hall–Kier alpha value is -2.20. The highest BCUT2D eigenvalue weighted by Gasteiger charge is 2.19. The highest BCUT2D eigenvalue weighted by Crippen LogP contribution is 2.21. The van der Waals surface area contributed by atoms with Gasteiger partial charge in [-0.1, -0.05) is 12.1 Å². The standard InChI is InChI=1S/C20H22FN3/c1-15-3-2-11-23(15)12-10-19-14-24-13-17(6-9-20(24)22-19)16-4-7-18(21)8-5-16/h4-9,13-15H,2-3,10-12H2,1H3/t15-/m1/s1. The van der Waals surface area contributed by atoms with Gasteiger partial charge in [-0.2, -0.15) is 0 Å². The first-order chi connectivity index (χ1) is 11.7. The zero-order valence-corrected chi connectivity index (χ0v) is 14.0. The summed E-state index contributed by atoms with van der Waals surface area (Å²) in [6.45, 7) is 4.60. The zero-order valence-electron chi connectivity index (χ0n) is 14.0. The fourth-order valence-electron chi connectivity index (χ4n) is 3.56. The van der Waals surface area contributed by atoms with Crippen LogP contribution in [-0.4, -0.2) is 33.4 Å². The molecule has 3 nitrogen and oxygen atoms in total. The number of hydrogen-bond acceptors (Lipinski definition) is 2. The Bertz CT molecular complexity index is 838. The highest BCUT2D eigenvalue weighted by atomic mass is 19.1. The summed E-state index contributed by atoms with van der Waals surface area (Å²) in [6.07, 6.45) is 7.79. The van der Waals surface area contributed by atoms with Gasteiger partial charge in [-0.25, -0.2) is 9.37 Å². The van der Waals surface area contributed by atoms with Crippen molar-refractivity contribution in [1.82, 2.24) is 14.3 Å². The predicted octanol–water partition coefficient (Wildman–Crippen LogP) is 4.17. The SMILES string of the molecule is C[C@@H]1CCCN1CCc1cn2cc(-c3ccc(F)cc3)ccc2n1. The average molecular weight is 323 g/mol. The van der Waals surface area contributed by atoms with Crippen LogP contribution in [0.3, 0.4) is 0 Å². The Labute approximate surface area is 141 Å². The minimum absolute atomic E-state index is 0.208. The van der Waals surface area contributed by atoms with Crippen LogP contribution in [0.15, 0.2) is 48.8 Å². The number of fused-ring (bicyclic) bond motifs is 1. The molecule has 2 aromatic heterocycles. The van der Waals surface area contributed by atoms with Crippen molar-refractivity contribution in [3.8, 4) is 11.1 Å². The monoisotopic (exact) mass is 323 g/mol.